The number of rotatable bonds is 11. The molecule has 2 atom stereocenters. The number of anilines is 1. The lowest BCUT2D eigenvalue weighted by Gasteiger charge is -2.36. The molecule has 250 valence electrons. The molecule has 1 aromatic carbocycles. The van der Waals surface area contributed by atoms with Gasteiger partial charge in [0, 0.05) is 57.9 Å². The molecule has 3 amide bonds. The average Bonchev–Trinajstić information content (AvgIpc) is 3.50. The Balaban J connectivity index is 1.58. The third kappa shape index (κ3) is 9.38. The van der Waals surface area contributed by atoms with Crippen molar-refractivity contribution in [2.75, 3.05) is 57.9 Å². The summed E-state index contributed by atoms with van der Waals surface area (Å²) in [6.45, 7) is 9.72. The van der Waals surface area contributed by atoms with Crippen LogP contribution in [0.25, 0.3) is 11.4 Å². The molecule has 0 saturated carbocycles. The van der Waals surface area contributed by atoms with E-state index in [1.165, 1.54) is 0 Å². The number of ether oxygens (including phenoxy) is 3. The van der Waals surface area contributed by atoms with E-state index in [0.717, 1.165) is 24.9 Å². The fraction of sp³-hybridized carbons (Fsp3) is 0.576. The van der Waals surface area contributed by atoms with Gasteiger partial charge < -0.3 is 34.2 Å². The minimum absolute atomic E-state index is 0.0309. The minimum atomic E-state index is -1.03. The van der Waals surface area contributed by atoms with Crippen molar-refractivity contribution >= 4 is 29.7 Å². The second-order valence-electron chi connectivity index (χ2n) is 12.4. The van der Waals surface area contributed by atoms with Crippen LogP contribution < -0.4 is 10.2 Å². The van der Waals surface area contributed by atoms with Crippen molar-refractivity contribution in [1.82, 2.24) is 25.1 Å². The molecule has 2 saturated heterocycles. The summed E-state index contributed by atoms with van der Waals surface area (Å²) >= 11 is 0. The number of carbonyl (C=O) groups excluding carboxylic acids is 4. The SMILES string of the molecule is CCOC(=O)N1CCN(C(=O)C(CCC(=O)OC(C)(C)C)NC(=O)c2cc(N3CCCC3COC)nc(-c3ccccc3)n2)CC1. The van der Waals surface area contributed by atoms with Gasteiger partial charge in [0.25, 0.3) is 5.91 Å². The third-order valence-corrected chi connectivity index (χ3v) is 7.79. The molecule has 2 unspecified atom stereocenters. The summed E-state index contributed by atoms with van der Waals surface area (Å²) in [5.41, 5.74) is 0.164. The van der Waals surface area contributed by atoms with E-state index in [4.69, 9.17) is 19.2 Å². The summed E-state index contributed by atoms with van der Waals surface area (Å²) in [6.07, 6.45) is 1.43. The number of hydrogen-bond acceptors (Lipinski definition) is 10. The maximum atomic E-state index is 13.9. The van der Waals surface area contributed by atoms with Gasteiger partial charge in [0.2, 0.25) is 5.91 Å². The number of aromatic nitrogens is 2. The van der Waals surface area contributed by atoms with Gasteiger partial charge in [-0.1, -0.05) is 30.3 Å². The van der Waals surface area contributed by atoms with Gasteiger partial charge in [0.15, 0.2) is 5.82 Å². The lowest BCUT2D eigenvalue weighted by molar-refractivity contribution is -0.155. The average molecular weight is 639 g/mol. The first-order chi connectivity index (χ1) is 22.0. The lowest BCUT2D eigenvalue weighted by Crippen LogP contribution is -2.56. The number of nitrogens with zero attached hydrogens (tertiary/aromatic N) is 5. The predicted molar refractivity (Wildman–Crippen MR) is 171 cm³/mol. The standard InChI is InChI=1S/C33H46N6O7/c1-6-45-32(43)38-19-17-37(18-20-38)31(42)25(14-15-28(40)46-33(2,3)4)35-30(41)26-21-27(39-16-10-13-24(39)22-44-5)36-29(34-26)23-11-8-7-9-12-23/h7-9,11-12,21,24-25H,6,10,13-20,22H2,1-5H3,(H,35,41). The number of piperazine rings is 1. The molecule has 0 aliphatic carbocycles. The summed E-state index contributed by atoms with van der Waals surface area (Å²) in [6, 6.07) is 10.1. The second-order valence-corrected chi connectivity index (χ2v) is 12.4. The second kappa shape index (κ2) is 15.8. The van der Waals surface area contributed by atoms with E-state index in [-0.39, 0.29) is 50.2 Å². The zero-order chi connectivity index (χ0) is 33.3. The molecule has 13 heteroatoms. The Morgan fingerprint density at radius 3 is 2.35 bits per heavy atom. The van der Waals surface area contributed by atoms with Gasteiger partial charge in [-0.05, 0) is 47.0 Å². The Morgan fingerprint density at radius 1 is 1.00 bits per heavy atom. The van der Waals surface area contributed by atoms with Crippen molar-refractivity contribution in [1.29, 1.82) is 0 Å². The molecule has 46 heavy (non-hydrogen) atoms. The summed E-state index contributed by atoms with van der Waals surface area (Å²) in [4.78, 5) is 67.2. The Kier molecular flexibility index (Phi) is 11.9. The number of methoxy groups -OCH3 is 1. The van der Waals surface area contributed by atoms with Gasteiger partial charge in [0.1, 0.15) is 23.2 Å². The van der Waals surface area contributed by atoms with Crippen LogP contribution in [0.4, 0.5) is 10.6 Å². The maximum absolute atomic E-state index is 13.9. The topological polar surface area (TPSA) is 144 Å². The van der Waals surface area contributed by atoms with Crippen LogP contribution in [0.5, 0.6) is 0 Å². The van der Waals surface area contributed by atoms with Crippen molar-refractivity contribution < 1.29 is 33.4 Å². The highest BCUT2D eigenvalue weighted by atomic mass is 16.6. The first kappa shape index (κ1) is 34.6. The van der Waals surface area contributed by atoms with Gasteiger partial charge in [-0.2, -0.15) is 0 Å². The molecule has 4 rings (SSSR count). The van der Waals surface area contributed by atoms with E-state index in [1.807, 2.05) is 30.3 Å². The largest absolute Gasteiger partial charge is 0.460 e. The Bertz CT molecular complexity index is 1360. The molecule has 2 fully saturated rings. The highest BCUT2D eigenvalue weighted by Crippen LogP contribution is 2.27. The Hall–Kier alpha value is -4.26. The van der Waals surface area contributed by atoms with E-state index < -0.39 is 29.6 Å². The van der Waals surface area contributed by atoms with Crippen LogP contribution in [-0.4, -0.2) is 114 Å². The van der Waals surface area contributed by atoms with Gasteiger partial charge in [-0.25, -0.2) is 14.8 Å². The number of amides is 3. The van der Waals surface area contributed by atoms with Crippen LogP contribution in [-0.2, 0) is 23.8 Å². The van der Waals surface area contributed by atoms with E-state index in [9.17, 15) is 19.2 Å². The number of nitrogens with one attached hydrogen (secondary N) is 1. The van der Waals surface area contributed by atoms with Gasteiger partial charge in [0.05, 0.1) is 19.3 Å². The van der Waals surface area contributed by atoms with Crippen molar-refractivity contribution in [3.05, 3.63) is 42.1 Å². The molecule has 0 spiro atoms. The molecule has 13 nitrogen and oxygen atoms in total. The van der Waals surface area contributed by atoms with Crippen molar-refractivity contribution in [3.8, 4) is 11.4 Å². The molecule has 1 N–H and O–H groups in total. The van der Waals surface area contributed by atoms with Gasteiger partial charge >= 0.3 is 12.1 Å². The van der Waals surface area contributed by atoms with Crippen LogP contribution in [0.15, 0.2) is 36.4 Å². The fourth-order valence-corrected chi connectivity index (χ4v) is 5.61. The monoisotopic (exact) mass is 638 g/mol. The number of esters is 1. The van der Waals surface area contributed by atoms with E-state index >= 15 is 0 Å². The fourth-order valence-electron chi connectivity index (χ4n) is 5.61. The molecule has 2 aliphatic heterocycles. The molecular weight excluding hydrogens is 592 g/mol. The van der Waals surface area contributed by atoms with E-state index in [2.05, 4.69) is 15.2 Å². The normalized spacial score (nSPS) is 17.4. The lowest BCUT2D eigenvalue weighted by atomic mass is 10.1. The summed E-state index contributed by atoms with van der Waals surface area (Å²) in [5, 5.41) is 2.86. The van der Waals surface area contributed by atoms with Crippen molar-refractivity contribution in [3.63, 3.8) is 0 Å². The zero-order valence-electron chi connectivity index (χ0n) is 27.5. The van der Waals surface area contributed by atoms with Crippen molar-refractivity contribution in [2.24, 2.45) is 0 Å². The quantitative estimate of drug-likeness (QED) is 0.364. The maximum Gasteiger partial charge on any atom is 0.409 e. The summed E-state index contributed by atoms with van der Waals surface area (Å²) in [5.74, 6) is -0.391. The number of hydrogen-bond donors (Lipinski definition) is 1. The molecule has 3 heterocycles. The smallest absolute Gasteiger partial charge is 0.409 e. The molecule has 0 radical (unpaired) electrons. The van der Waals surface area contributed by atoms with Gasteiger partial charge in [-0.15, -0.1) is 0 Å². The molecular formula is C33H46N6O7. The highest BCUT2D eigenvalue weighted by Gasteiger charge is 2.33. The first-order valence-electron chi connectivity index (χ1n) is 15.9. The number of benzene rings is 1. The summed E-state index contributed by atoms with van der Waals surface area (Å²) < 4.78 is 16.0. The molecule has 1 aromatic heterocycles. The van der Waals surface area contributed by atoms with Crippen molar-refractivity contribution in [2.45, 2.75) is 71.1 Å². The molecule has 2 aromatic rings. The van der Waals surface area contributed by atoms with Crippen LogP contribution in [0, 0.1) is 0 Å². The van der Waals surface area contributed by atoms with Crippen LogP contribution in [0.1, 0.15) is 63.9 Å². The predicted octanol–water partition coefficient (Wildman–Crippen LogP) is 3.28. The molecule has 2 aliphatic rings. The highest BCUT2D eigenvalue weighted by molar-refractivity contribution is 5.97. The third-order valence-electron chi connectivity index (χ3n) is 7.79. The van der Waals surface area contributed by atoms with Crippen LogP contribution in [0.2, 0.25) is 0 Å². The Labute approximate surface area is 270 Å². The molecule has 0 bridgehead atoms. The summed E-state index contributed by atoms with van der Waals surface area (Å²) in [7, 11) is 1.66. The van der Waals surface area contributed by atoms with E-state index in [1.54, 1.807) is 50.7 Å². The van der Waals surface area contributed by atoms with Crippen LogP contribution >= 0.6 is 0 Å². The minimum Gasteiger partial charge on any atom is -0.460 e. The first-order valence-corrected chi connectivity index (χ1v) is 15.9. The zero-order valence-corrected chi connectivity index (χ0v) is 27.5. The van der Waals surface area contributed by atoms with Crippen LogP contribution in [0.3, 0.4) is 0 Å². The number of carbonyl (C=O) groups is 4. The Morgan fingerprint density at radius 2 is 1.70 bits per heavy atom. The van der Waals surface area contributed by atoms with Gasteiger partial charge in [-0.3, -0.25) is 14.4 Å². The van der Waals surface area contributed by atoms with E-state index in [0.29, 0.717) is 31.3 Å².